The zero-order valence-electron chi connectivity index (χ0n) is 10.3. The van der Waals surface area contributed by atoms with Crippen molar-refractivity contribution in [3.63, 3.8) is 0 Å². The Morgan fingerprint density at radius 1 is 1.56 bits per heavy atom. The van der Waals surface area contributed by atoms with E-state index in [0.717, 1.165) is 30.0 Å². The van der Waals surface area contributed by atoms with E-state index in [1.165, 1.54) is 19.4 Å². The van der Waals surface area contributed by atoms with Crippen LogP contribution < -0.4 is 5.32 Å². The van der Waals surface area contributed by atoms with Gasteiger partial charge < -0.3 is 10.1 Å². The van der Waals surface area contributed by atoms with E-state index in [1.54, 1.807) is 6.20 Å². The maximum Gasteiger partial charge on any atom is 0.140 e. The van der Waals surface area contributed by atoms with Crippen molar-refractivity contribution in [2.45, 2.75) is 25.0 Å². The van der Waals surface area contributed by atoms with E-state index in [-0.39, 0.29) is 6.10 Å². The standard InChI is InChI=1S/C13H18BrN3O/c14-12-4-1-5-15-13(12)16-7-11-8-17-6-2-3-10(17)9-18-11/h1,4-5,10-11H,2-3,6-9H2,(H,15,16). The molecule has 2 saturated heterocycles. The highest BCUT2D eigenvalue weighted by molar-refractivity contribution is 9.10. The Labute approximate surface area is 116 Å². The van der Waals surface area contributed by atoms with E-state index in [4.69, 9.17) is 4.74 Å². The number of ether oxygens (including phenoxy) is 1. The average molecular weight is 312 g/mol. The first kappa shape index (κ1) is 12.4. The topological polar surface area (TPSA) is 37.4 Å². The van der Waals surface area contributed by atoms with Crippen molar-refractivity contribution in [1.29, 1.82) is 0 Å². The first-order valence-electron chi connectivity index (χ1n) is 6.53. The maximum absolute atomic E-state index is 5.91. The minimum Gasteiger partial charge on any atom is -0.373 e. The molecule has 3 rings (SSSR count). The fraction of sp³-hybridized carbons (Fsp3) is 0.615. The Morgan fingerprint density at radius 3 is 3.39 bits per heavy atom. The van der Waals surface area contributed by atoms with Gasteiger partial charge in [0.15, 0.2) is 0 Å². The smallest absolute Gasteiger partial charge is 0.140 e. The minimum absolute atomic E-state index is 0.272. The van der Waals surface area contributed by atoms with Gasteiger partial charge in [0.05, 0.1) is 17.2 Å². The summed E-state index contributed by atoms with van der Waals surface area (Å²) in [6.07, 6.45) is 4.69. The maximum atomic E-state index is 5.91. The van der Waals surface area contributed by atoms with E-state index in [1.807, 2.05) is 12.1 Å². The lowest BCUT2D eigenvalue weighted by atomic mass is 10.2. The molecule has 98 valence electrons. The summed E-state index contributed by atoms with van der Waals surface area (Å²) in [6.45, 7) is 3.98. The molecule has 2 aliphatic heterocycles. The van der Waals surface area contributed by atoms with E-state index in [9.17, 15) is 0 Å². The molecular formula is C13H18BrN3O. The van der Waals surface area contributed by atoms with Crippen molar-refractivity contribution in [3.05, 3.63) is 22.8 Å². The van der Waals surface area contributed by atoms with Crippen molar-refractivity contribution in [3.8, 4) is 0 Å². The van der Waals surface area contributed by atoms with Crippen molar-refractivity contribution in [2.24, 2.45) is 0 Å². The molecule has 0 aromatic carbocycles. The van der Waals surface area contributed by atoms with Gasteiger partial charge in [-0.15, -0.1) is 0 Å². The lowest BCUT2D eigenvalue weighted by Gasteiger charge is -2.35. The van der Waals surface area contributed by atoms with Crippen molar-refractivity contribution in [1.82, 2.24) is 9.88 Å². The van der Waals surface area contributed by atoms with Crippen LogP contribution in [0, 0.1) is 0 Å². The molecule has 1 aromatic heterocycles. The highest BCUT2D eigenvalue weighted by Crippen LogP contribution is 2.23. The Bertz CT molecular complexity index is 415. The third-order valence-corrected chi connectivity index (χ3v) is 4.36. The van der Waals surface area contributed by atoms with Crippen molar-refractivity contribution < 1.29 is 4.74 Å². The van der Waals surface area contributed by atoms with E-state index >= 15 is 0 Å². The first-order chi connectivity index (χ1) is 8.83. The summed E-state index contributed by atoms with van der Waals surface area (Å²) >= 11 is 3.49. The van der Waals surface area contributed by atoms with Crippen LogP contribution in [-0.4, -0.2) is 48.3 Å². The quantitative estimate of drug-likeness (QED) is 0.928. The molecule has 2 atom stereocenters. The summed E-state index contributed by atoms with van der Waals surface area (Å²) < 4.78 is 6.91. The molecule has 2 fully saturated rings. The fourth-order valence-corrected chi connectivity index (χ4v) is 3.13. The van der Waals surface area contributed by atoms with Gasteiger partial charge in [-0.05, 0) is 47.4 Å². The molecule has 1 N–H and O–H groups in total. The summed E-state index contributed by atoms with van der Waals surface area (Å²) in [4.78, 5) is 6.86. The summed E-state index contributed by atoms with van der Waals surface area (Å²) in [6, 6.07) is 4.58. The molecule has 0 aliphatic carbocycles. The predicted octanol–water partition coefficient (Wildman–Crippen LogP) is 2.12. The van der Waals surface area contributed by atoms with Crippen LogP contribution in [0.3, 0.4) is 0 Å². The molecule has 18 heavy (non-hydrogen) atoms. The average Bonchev–Trinajstić information content (AvgIpc) is 2.85. The van der Waals surface area contributed by atoms with E-state index in [2.05, 4.69) is 31.1 Å². The number of hydrogen-bond donors (Lipinski definition) is 1. The number of fused-ring (bicyclic) bond motifs is 1. The molecule has 0 saturated carbocycles. The molecule has 4 nitrogen and oxygen atoms in total. The lowest BCUT2D eigenvalue weighted by Crippen LogP contribution is -2.48. The Hall–Kier alpha value is -0.650. The fourth-order valence-electron chi connectivity index (χ4n) is 2.74. The van der Waals surface area contributed by atoms with Gasteiger partial charge >= 0.3 is 0 Å². The number of pyridine rings is 1. The molecule has 0 amide bonds. The molecule has 5 heteroatoms. The van der Waals surface area contributed by atoms with Gasteiger partial charge in [0.2, 0.25) is 0 Å². The number of nitrogens with zero attached hydrogens (tertiary/aromatic N) is 2. The number of halogens is 1. The predicted molar refractivity (Wildman–Crippen MR) is 74.8 cm³/mol. The summed E-state index contributed by atoms with van der Waals surface area (Å²) in [5.41, 5.74) is 0. The third kappa shape index (κ3) is 2.68. The number of anilines is 1. The van der Waals surface area contributed by atoms with Gasteiger partial charge in [0.25, 0.3) is 0 Å². The number of rotatable bonds is 3. The Morgan fingerprint density at radius 2 is 2.50 bits per heavy atom. The summed E-state index contributed by atoms with van der Waals surface area (Å²) in [7, 11) is 0. The second-order valence-corrected chi connectivity index (χ2v) is 5.82. The lowest BCUT2D eigenvalue weighted by molar-refractivity contribution is -0.0416. The molecule has 1 aromatic rings. The van der Waals surface area contributed by atoms with Gasteiger partial charge in [-0.3, -0.25) is 4.90 Å². The molecular weight excluding hydrogens is 294 g/mol. The van der Waals surface area contributed by atoms with E-state index in [0.29, 0.717) is 6.04 Å². The van der Waals surface area contributed by atoms with Crippen molar-refractivity contribution in [2.75, 3.05) is 31.6 Å². The van der Waals surface area contributed by atoms with Gasteiger partial charge in [-0.25, -0.2) is 4.98 Å². The Balaban J connectivity index is 1.53. The largest absolute Gasteiger partial charge is 0.373 e. The number of aromatic nitrogens is 1. The normalized spacial score (nSPS) is 28.1. The van der Waals surface area contributed by atoms with Crippen molar-refractivity contribution >= 4 is 21.7 Å². The van der Waals surface area contributed by atoms with Gasteiger partial charge in [0, 0.05) is 25.3 Å². The van der Waals surface area contributed by atoms with Crippen LogP contribution in [-0.2, 0) is 4.74 Å². The molecule has 2 aliphatic rings. The molecule has 3 heterocycles. The van der Waals surface area contributed by atoms with Crippen LogP contribution in [0.25, 0.3) is 0 Å². The highest BCUT2D eigenvalue weighted by atomic mass is 79.9. The van der Waals surface area contributed by atoms with E-state index < -0.39 is 0 Å². The number of morpholine rings is 1. The second kappa shape index (κ2) is 5.55. The van der Waals surface area contributed by atoms with Gasteiger partial charge in [0.1, 0.15) is 5.82 Å². The third-order valence-electron chi connectivity index (χ3n) is 3.72. The number of nitrogens with one attached hydrogen (secondary N) is 1. The first-order valence-corrected chi connectivity index (χ1v) is 7.32. The summed E-state index contributed by atoms with van der Waals surface area (Å²) in [5, 5.41) is 3.35. The van der Waals surface area contributed by atoms with Gasteiger partial charge in [-0.1, -0.05) is 0 Å². The van der Waals surface area contributed by atoms with Crippen LogP contribution >= 0.6 is 15.9 Å². The summed E-state index contributed by atoms with van der Waals surface area (Å²) in [5.74, 6) is 0.893. The van der Waals surface area contributed by atoms with Gasteiger partial charge in [-0.2, -0.15) is 0 Å². The zero-order valence-corrected chi connectivity index (χ0v) is 11.9. The van der Waals surface area contributed by atoms with Crippen LogP contribution in [0.15, 0.2) is 22.8 Å². The molecule has 2 unspecified atom stereocenters. The van der Waals surface area contributed by atoms with Crippen LogP contribution in [0.4, 0.5) is 5.82 Å². The van der Waals surface area contributed by atoms with Crippen LogP contribution in [0.2, 0.25) is 0 Å². The van der Waals surface area contributed by atoms with Crippen LogP contribution in [0.1, 0.15) is 12.8 Å². The zero-order chi connectivity index (χ0) is 12.4. The number of hydrogen-bond acceptors (Lipinski definition) is 4. The molecule has 0 radical (unpaired) electrons. The monoisotopic (exact) mass is 311 g/mol. The second-order valence-electron chi connectivity index (χ2n) is 4.96. The highest BCUT2D eigenvalue weighted by Gasteiger charge is 2.31. The minimum atomic E-state index is 0.272. The van der Waals surface area contributed by atoms with Crippen LogP contribution in [0.5, 0.6) is 0 Å². The Kier molecular flexibility index (Phi) is 3.82. The molecule has 0 bridgehead atoms. The SMILES string of the molecule is Brc1cccnc1NCC1CN2CCCC2CO1. The molecule has 0 spiro atoms.